The average Bonchev–Trinajstić information content (AvgIpc) is 3.51. The molecule has 0 saturated carbocycles. The molecule has 156 valence electrons. The van der Waals surface area contributed by atoms with E-state index in [1.807, 2.05) is 65.6 Å². The molecule has 2 aromatic carbocycles. The topological polar surface area (TPSA) is 62.7 Å². The number of benzene rings is 2. The Morgan fingerprint density at radius 1 is 0.839 bits per heavy atom. The van der Waals surface area contributed by atoms with Gasteiger partial charge in [0, 0.05) is 37.3 Å². The van der Waals surface area contributed by atoms with Crippen LogP contribution in [0.4, 0.5) is 0 Å². The van der Waals surface area contributed by atoms with Crippen LogP contribution >= 0.6 is 0 Å². The van der Waals surface area contributed by atoms with Gasteiger partial charge in [0.05, 0.1) is 12.8 Å². The quantitative estimate of drug-likeness (QED) is 0.480. The number of furan rings is 1. The van der Waals surface area contributed by atoms with Crippen molar-refractivity contribution in [1.82, 2.24) is 14.8 Å². The van der Waals surface area contributed by atoms with E-state index in [2.05, 4.69) is 4.90 Å². The van der Waals surface area contributed by atoms with Crippen LogP contribution in [0, 0.1) is 0 Å². The van der Waals surface area contributed by atoms with E-state index >= 15 is 0 Å². The molecule has 0 N–H and O–H groups in total. The van der Waals surface area contributed by atoms with Crippen LogP contribution in [-0.2, 0) is 6.54 Å². The van der Waals surface area contributed by atoms with Crippen LogP contribution in [0.3, 0.4) is 0 Å². The van der Waals surface area contributed by atoms with Gasteiger partial charge < -0.3 is 13.7 Å². The number of nitrogens with zero attached hydrogens (tertiary/aromatic N) is 3. The molecule has 0 spiro atoms. The standard InChI is InChI=1S/C25H23N3O3/c29-25(21-12-7-17-30-21)28-15-13-27(14-16-28)18-22-26-23(19-8-3-1-4-9-19)24(31-22)20-10-5-2-6-11-20/h1-12,17H,13-16,18H2. The lowest BCUT2D eigenvalue weighted by atomic mass is 10.1. The minimum Gasteiger partial charge on any atom is -0.459 e. The summed E-state index contributed by atoms with van der Waals surface area (Å²) >= 11 is 0. The van der Waals surface area contributed by atoms with E-state index in [-0.39, 0.29) is 5.91 Å². The molecule has 1 amide bonds. The number of piperazine rings is 1. The molecule has 31 heavy (non-hydrogen) atoms. The van der Waals surface area contributed by atoms with Crippen molar-refractivity contribution in [3.8, 4) is 22.6 Å². The van der Waals surface area contributed by atoms with Gasteiger partial charge in [0.25, 0.3) is 5.91 Å². The Morgan fingerprint density at radius 3 is 2.16 bits per heavy atom. The predicted molar refractivity (Wildman–Crippen MR) is 117 cm³/mol. The monoisotopic (exact) mass is 413 g/mol. The summed E-state index contributed by atoms with van der Waals surface area (Å²) in [4.78, 5) is 21.4. The summed E-state index contributed by atoms with van der Waals surface area (Å²) < 4.78 is 11.5. The Labute approximate surface area is 180 Å². The molecule has 2 aromatic heterocycles. The highest BCUT2D eigenvalue weighted by molar-refractivity contribution is 5.91. The smallest absolute Gasteiger partial charge is 0.289 e. The highest BCUT2D eigenvalue weighted by Gasteiger charge is 2.25. The van der Waals surface area contributed by atoms with Gasteiger partial charge in [-0.2, -0.15) is 0 Å². The van der Waals surface area contributed by atoms with Crippen molar-refractivity contribution in [1.29, 1.82) is 0 Å². The van der Waals surface area contributed by atoms with E-state index in [0.717, 1.165) is 35.7 Å². The Morgan fingerprint density at radius 2 is 1.52 bits per heavy atom. The van der Waals surface area contributed by atoms with Gasteiger partial charge >= 0.3 is 0 Å². The van der Waals surface area contributed by atoms with Crippen molar-refractivity contribution in [3.05, 3.63) is 90.7 Å². The Balaban J connectivity index is 1.32. The Kier molecular flexibility index (Phi) is 5.37. The minimum absolute atomic E-state index is 0.0569. The van der Waals surface area contributed by atoms with Crippen LogP contribution in [0.25, 0.3) is 22.6 Å². The van der Waals surface area contributed by atoms with Crippen molar-refractivity contribution in [2.75, 3.05) is 26.2 Å². The van der Waals surface area contributed by atoms with E-state index in [0.29, 0.717) is 31.3 Å². The molecule has 1 fully saturated rings. The van der Waals surface area contributed by atoms with Gasteiger partial charge in [-0.05, 0) is 12.1 Å². The number of carbonyl (C=O) groups is 1. The molecule has 0 radical (unpaired) electrons. The molecule has 6 heteroatoms. The van der Waals surface area contributed by atoms with Crippen LogP contribution in [0.5, 0.6) is 0 Å². The molecule has 1 aliphatic rings. The van der Waals surface area contributed by atoms with Crippen LogP contribution in [0.15, 0.2) is 87.9 Å². The van der Waals surface area contributed by atoms with E-state index in [4.69, 9.17) is 13.8 Å². The van der Waals surface area contributed by atoms with Crippen molar-refractivity contribution >= 4 is 5.91 Å². The van der Waals surface area contributed by atoms with E-state index in [9.17, 15) is 4.79 Å². The van der Waals surface area contributed by atoms with Gasteiger partial charge in [-0.15, -0.1) is 0 Å². The maximum Gasteiger partial charge on any atom is 0.289 e. The summed E-state index contributed by atoms with van der Waals surface area (Å²) in [5, 5.41) is 0. The van der Waals surface area contributed by atoms with Crippen molar-refractivity contribution in [3.63, 3.8) is 0 Å². The number of rotatable bonds is 5. The zero-order valence-corrected chi connectivity index (χ0v) is 17.1. The van der Waals surface area contributed by atoms with Crippen LogP contribution < -0.4 is 0 Å². The van der Waals surface area contributed by atoms with Gasteiger partial charge in [0.15, 0.2) is 11.5 Å². The zero-order chi connectivity index (χ0) is 21.0. The molecular formula is C25H23N3O3. The number of hydrogen-bond acceptors (Lipinski definition) is 5. The lowest BCUT2D eigenvalue weighted by Crippen LogP contribution is -2.48. The molecule has 1 aliphatic heterocycles. The molecule has 6 nitrogen and oxygen atoms in total. The summed E-state index contributed by atoms with van der Waals surface area (Å²) in [6.45, 7) is 3.43. The summed E-state index contributed by atoms with van der Waals surface area (Å²) in [5.41, 5.74) is 2.90. The number of amides is 1. The fourth-order valence-electron chi connectivity index (χ4n) is 3.87. The van der Waals surface area contributed by atoms with Crippen molar-refractivity contribution in [2.45, 2.75) is 6.54 Å². The molecule has 0 bridgehead atoms. The summed E-state index contributed by atoms with van der Waals surface area (Å²) in [6.07, 6.45) is 1.53. The lowest BCUT2D eigenvalue weighted by molar-refractivity contribution is 0.0588. The maximum atomic E-state index is 12.5. The van der Waals surface area contributed by atoms with Gasteiger partial charge in [0.1, 0.15) is 5.69 Å². The van der Waals surface area contributed by atoms with Gasteiger partial charge in [0.2, 0.25) is 5.89 Å². The first-order chi connectivity index (χ1) is 15.3. The van der Waals surface area contributed by atoms with Gasteiger partial charge in [-0.1, -0.05) is 60.7 Å². The molecule has 0 unspecified atom stereocenters. The average molecular weight is 413 g/mol. The predicted octanol–water partition coefficient (Wildman–Crippen LogP) is 4.56. The van der Waals surface area contributed by atoms with E-state index in [1.54, 1.807) is 12.1 Å². The second-order valence-electron chi connectivity index (χ2n) is 7.56. The second kappa shape index (κ2) is 8.62. The Hall–Kier alpha value is -3.64. The second-order valence-corrected chi connectivity index (χ2v) is 7.56. The van der Waals surface area contributed by atoms with Crippen LogP contribution in [0.2, 0.25) is 0 Å². The largest absolute Gasteiger partial charge is 0.459 e. The highest BCUT2D eigenvalue weighted by atomic mass is 16.4. The van der Waals surface area contributed by atoms with Crippen LogP contribution in [0.1, 0.15) is 16.4 Å². The molecule has 1 saturated heterocycles. The molecule has 0 atom stereocenters. The summed E-state index contributed by atoms with van der Waals surface area (Å²) in [5.74, 6) is 1.80. The van der Waals surface area contributed by atoms with Crippen molar-refractivity contribution < 1.29 is 13.6 Å². The van der Waals surface area contributed by atoms with E-state index < -0.39 is 0 Å². The molecule has 5 rings (SSSR count). The maximum absolute atomic E-state index is 12.5. The third kappa shape index (κ3) is 4.15. The lowest BCUT2D eigenvalue weighted by Gasteiger charge is -2.33. The highest BCUT2D eigenvalue weighted by Crippen LogP contribution is 2.33. The number of carbonyl (C=O) groups excluding carboxylic acids is 1. The normalized spacial score (nSPS) is 14.6. The third-order valence-corrected chi connectivity index (χ3v) is 5.50. The zero-order valence-electron chi connectivity index (χ0n) is 17.1. The number of hydrogen-bond donors (Lipinski definition) is 0. The van der Waals surface area contributed by atoms with Crippen LogP contribution in [-0.4, -0.2) is 46.9 Å². The third-order valence-electron chi connectivity index (χ3n) is 5.50. The molecular weight excluding hydrogens is 390 g/mol. The van der Waals surface area contributed by atoms with Gasteiger partial charge in [-0.3, -0.25) is 9.69 Å². The first-order valence-electron chi connectivity index (χ1n) is 10.4. The number of aromatic nitrogens is 1. The first-order valence-corrected chi connectivity index (χ1v) is 10.4. The Bertz CT molecular complexity index is 1070. The van der Waals surface area contributed by atoms with Crippen molar-refractivity contribution in [2.24, 2.45) is 0 Å². The SMILES string of the molecule is O=C(c1ccco1)N1CCN(Cc2nc(-c3ccccc3)c(-c3ccccc3)o2)CC1. The molecule has 3 heterocycles. The molecule has 4 aromatic rings. The summed E-state index contributed by atoms with van der Waals surface area (Å²) in [7, 11) is 0. The van der Waals surface area contributed by atoms with Gasteiger partial charge in [-0.25, -0.2) is 4.98 Å². The fourth-order valence-corrected chi connectivity index (χ4v) is 3.87. The summed E-state index contributed by atoms with van der Waals surface area (Å²) in [6, 6.07) is 23.6. The number of oxazole rings is 1. The fraction of sp³-hybridized carbons (Fsp3) is 0.200. The van der Waals surface area contributed by atoms with E-state index in [1.165, 1.54) is 6.26 Å². The first kappa shape index (κ1) is 19.3. The molecule has 0 aliphatic carbocycles. The minimum atomic E-state index is -0.0569.